The molecule has 9 heteroatoms. The predicted molar refractivity (Wildman–Crippen MR) is 67.5 cm³/mol. The number of benzene rings is 1. The molecule has 0 spiro atoms. The summed E-state index contributed by atoms with van der Waals surface area (Å²) in [6, 6.07) is 4.59. The van der Waals surface area contributed by atoms with E-state index in [2.05, 4.69) is 20.7 Å². The van der Waals surface area contributed by atoms with Crippen LogP contribution >= 0.6 is 15.9 Å². The third-order valence-electron chi connectivity index (χ3n) is 2.55. The summed E-state index contributed by atoms with van der Waals surface area (Å²) in [6.45, 7) is 1.27. The number of hydrogen-bond donors (Lipinski definition) is 1. The minimum Gasteiger partial charge on any atom is -0.351 e. The molecule has 0 bridgehead atoms. The van der Waals surface area contributed by atoms with Crippen LogP contribution in [0.15, 0.2) is 28.7 Å². The van der Waals surface area contributed by atoms with E-state index >= 15 is 0 Å². The van der Waals surface area contributed by atoms with Crippen LogP contribution in [0.4, 0.5) is 26.3 Å². The van der Waals surface area contributed by atoms with Gasteiger partial charge in [-0.2, -0.15) is 26.3 Å². The lowest BCUT2D eigenvalue weighted by atomic mass is 10.0. The summed E-state index contributed by atoms with van der Waals surface area (Å²) >= 11 is 3.11. The number of alkyl halides is 6. The van der Waals surface area contributed by atoms with Crippen molar-refractivity contribution in [1.29, 1.82) is 0 Å². The van der Waals surface area contributed by atoms with Gasteiger partial charge in [0.15, 0.2) is 0 Å². The summed E-state index contributed by atoms with van der Waals surface area (Å²) in [7, 11) is 0. The molecule has 0 saturated heterocycles. The van der Waals surface area contributed by atoms with E-state index < -0.39 is 30.6 Å². The van der Waals surface area contributed by atoms with Crippen LogP contribution < -0.4 is 5.73 Å². The van der Waals surface area contributed by atoms with Gasteiger partial charge in [0.25, 0.3) is 0 Å². The van der Waals surface area contributed by atoms with E-state index in [9.17, 15) is 26.3 Å². The smallest absolute Gasteiger partial charge is 0.351 e. The molecule has 2 N–H and O–H groups in total. The summed E-state index contributed by atoms with van der Waals surface area (Å²) < 4.78 is 80.1. The first-order valence-corrected chi connectivity index (χ1v) is 6.52. The van der Waals surface area contributed by atoms with Gasteiger partial charge in [-0.3, -0.25) is 0 Å². The van der Waals surface area contributed by atoms with E-state index in [0.29, 0.717) is 4.47 Å². The Morgan fingerprint density at radius 1 is 1.00 bits per heavy atom. The fraction of sp³-hybridized carbons (Fsp3) is 0.500. The molecule has 0 radical (unpaired) electrons. The monoisotopic (exact) mass is 379 g/mol. The van der Waals surface area contributed by atoms with Gasteiger partial charge in [0.2, 0.25) is 6.10 Å². The largest absolute Gasteiger partial charge is 0.423 e. The average molecular weight is 380 g/mol. The fourth-order valence-electron chi connectivity index (χ4n) is 1.65. The van der Waals surface area contributed by atoms with Gasteiger partial charge in [-0.25, -0.2) is 0 Å². The summed E-state index contributed by atoms with van der Waals surface area (Å²) in [4.78, 5) is 0. The lowest BCUT2D eigenvalue weighted by molar-refractivity contribution is -0.333. The second-order valence-electron chi connectivity index (χ2n) is 4.43. The summed E-state index contributed by atoms with van der Waals surface area (Å²) in [5, 5.41) is 0. The van der Waals surface area contributed by atoms with Crippen LogP contribution in [0.2, 0.25) is 0 Å². The van der Waals surface area contributed by atoms with Gasteiger partial charge >= 0.3 is 12.4 Å². The molecule has 0 amide bonds. The molecule has 0 aliphatic rings. The molecule has 21 heavy (non-hydrogen) atoms. The van der Waals surface area contributed by atoms with Crippen molar-refractivity contribution in [2.75, 3.05) is 0 Å². The number of ether oxygens (including phenoxy) is 1. The predicted octanol–water partition coefficient (Wildman–Crippen LogP) is 4.35. The molecule has 0 fully saturated rings. The molecule has 1 aromatic rings. The lowest BCUT2D eigenvalue weighted by Crippen LogP contribution is -2.47. The first-order valence-electron chi connectivity index (χ1n) is 5.73. The van der Waals surface area contributed by atoms with Crippen LogP contribution in [0.5, 0.6) is 0 Å². The average Bonchev–Trinajstić information content (AvgIpc) is 2.27. The van der Waals surface area contributed by atoms with Crippen LogP contribution in [0.1, 0.15) is 18.6 Å². The Balaban J connectivity index is 3.09. The highest BCUT2D eigenvalue weighted by Gasteiger charge is 2.59. The van der Waals surface area contributed by atoms with Crippen LogP contribution in [-0.4, -0.2) is 24.5 Å². The van der Waals surface area contributed by atoms with E-state index in [-0.39, 0.29) is 5.56 Å². The van der Waals surface area contributed by atoms with E-state index in [1.165, 1.54) is 31.2 Å². The Labute approximate surface area is 125 Å². The zero-order chi connectivity index (χ0) is 16.4. The van der Waals surface area contributed by atoms with Crippen molar-refractivity contribution in [2.45, 2.75) is 37.5 Å². The van der Waals surface area contributed by atoms with Gasteiger partial charge < -0.3 is 10.5 Å². The molecule has 1 aromatic carbocycles. The highest BCUT2D eigenvalue weighted by Crippen LogP contribution is 2.39. The summed E-state index contributed by atoms with van der Waals surface area (Å²) in [6.07, 6.45) is -16.6. The number of nitrogens with two attached hydrogens (primary N) is 1. The maximum atomic E-state index is 12.5. The third-order valence-corrected chi connectivity index (χ3v) is 3.08. The summed E-state index contributed by atoms with van der Waals surface area (Å²) in [5.41, 5.74) is 5.60. The van der Waals surface area contributed by atoms with E-state index in [1.54, 1.807) is 0 Å². The van der Waals surface area contributed by atoms with Crippen molar-refractivity contribution < 1.29 is 31.1 Å². The molecular formula is C12H12BrF6NO. The second kappa shape index (κ2) is 6.53. The molecule has 1 rings (SSSR count). The van der Waals surface area contributed by atoms with Crippen molar-refractivity contribution in [3.8, 4) is 0 Å². The van der Waals surface area contributed by atoms with Crippen molar-refractivity contribution in [1.82, 2.24) is 0 Å². The zero-order valence-corrected chi connectivity index (χ0v) is 12.3. The molecule has 2 nitrogen and oxygen atoms in total. The van der Waals surface area contributed by atoms with Gasteiger partial charge in [-0.05, 0) is 24.6 Å². The molecule has 0 saturated carbocycles. The lowest BCUT2D eigenvalue weighted by Gasteiger charge is -2.30. The third kappa shape index (κ3) is 5.15. The number of hydrogen-bond acceptors (Lipinski definition) is 2. The highest BCUT2D eigenvalue weighted by atomic mass is 79.9. The van der Waals surface area contributed by atoms with Crippen LogP contribution in [0.3, 0.4) is 0 Å². The van der Waals surface area contributed by atoms with E-state index in [0.717, 1.165) is 0 Å². The van der Waals surface area contributed by atoms with E-state index in [1.807, 2.05) is 0 Å². The first kappa shape index (κ1) is 18.2. The van der Waals surface area contributed by atoms with E-state index in [4.69, 9.17) is 5.73 Å². The SMILES string of the molecule is CC(N)C(OC(C(F)(F)F)C(F)(F)F)c1ccc(Br)cc1. The van der Waals surface area contributed by atoms with Crippen molar-refractivity contribution in [3.05, 3.63) is 34.3 Å². The topological polar surface area (TPSA) is 35.2 Å². The fourth-order valence-corrected chi connectivity index (χ4v) is 1.91. The minimum atomic E-state index is -5.57. The van der Waals surface area contributed by atoms with Crippen LogP contribution in [0.25, 0.3) is 0 Å². The van der Waals surface area contributed by atoms with Gasteiger partial charge in [0.05, 0.1) is 6.10 Å². The Hall–Kier alpha value is -0.800. The normalized spacial score (nSPS) is 16.1. The number of halogens is 7. The minimum absolute atomic E-state index is 0.131. The van der Waals surface area contributed by atoms with Crippen molar-refractivity contribution in [3.63, 3.8) is 0 Å². The zero-order valence-electron chi connectivity index (χ0n) is 10.7. The van der Waals surface area contributed by atoms with Gasteiger partial charge in [0.1, 0.15) is 0 Å². The molecule has 120 valence electrons. The molecule has 0 aromatic heterocycles. The molecule has 0 aliphatic heterocycles. The second-order valence-corrected chi connectivity index (χ2v) is 5.35. The standard InChI is InChI=1S/C12H12BrF6NO/c1-6(20)9(7-2-4-8(13)5-3-7)21-10(11(14,15)16)12(17,18)19/h2-6,9-10H,20H2,1H3. The molecule has 2 atom stereocenters. The summed E-state index contributed by atoms with van der Waals surface area (Å²) in [5.74, 6) is 0. The Kier molecular flexibility index (Phi) is 5.68. The maximum absolute atomic E-state index is 12.5. The molecule has 0 heterocycles. The highest BCUT2D eigenvalue weighted by molar-refractivity contribution is 9.10. The Morgan fingerprint density at radius 2 is 1.43 bits per heavy atom. The van der Waals surface area contributed by atoms with Crippen LogP contribution in [-0.2, 0) is 4.74 Å². The van der Waals surface area contributed by atoms with Crippen LogP contribution in [0, 0.1) is 0 Å². The Morgan fingerprint density at radius 3 is 1.76 bits per heavy atom. The van der Waals surface area contributed by atoms with Crippen molar-refractivity contribution in [2.24, 2.45) is 5.73 Å². The quantitative estimate of drug-likeness (QED) is 0.789. The number of rotatable bonds is 4. The van der Waals surface area contributed by atoms with Gasteiger partial charge in [-0.1, -0.05) is 28.1 Å². The molecular weight excluding hydrogens is 368 g/mol. The maximum Gasteiger partial charge on any atom is 0.423 e. The van der Waals surface area contributed by atoms with Crippen molar-refractivity contribution >= 4 is 15.9 Å². The molecule has 0 aliphatic carbocycles. The first-order chi connectivity index (χ1) is 9.43. The molecule has 2 unspecified atom stereocenters. The van der Waals surface area contributed by atoms with Gasteiger partial charge in [-0.15, -0.1) is 0 Å². The van der Waals surface area contributed by atoms with Gasteiger partial charge in [0, 0.05) is 10.5 Å². The Bertz CT molecular complexity index is 442.